The van der Waals surface area contributed by atoms with Crippen LogP contribution in [0.1, 0.15) is 18.5 Å². The molecule has 1 unspecified atom stereocenters. The number of aromatic amines is 1. The van der Waals surface area contributed by atoms with E-state index in [0.29, 0.717) is 24.1 Å². The van der Waals surface area contributed by atoms with Gasteiger partial charge in [-0.15, -0.1) is 5.06 Å². The highest BCUT2D eigenvalue weighted by Gasteiger charge is 2.43. The summed E-state index contributed by atoms with van der Waals surface area (Å²) in [4.78, 5) is 36.1. The van der Waals surface area contributed by atoms with Crippen molar-refractivity contribution in [1.82, 2.24) is 30.5 Å². The number of aryl methyl sites for hydroxylation is 1. The summed E-state index contributed by atoms with van der Waals surface area (Å²) in [6, 6.07) is 4.27. The Kier molecular flexibility index (Phi) is 6.14. The van der Waals surface area contributed by atoms with E-state index in [0.717, 1.165) is 21.7 Å². The van der Waals surface area contributed by atoms with Gasteiger partial charge in [-0.2, -0.15) is 18.3 Å². The Morgan fingerprint density at radius 2 is 2.09 bits per heavy atom. The SMILES string of the molecule is Cc1cc(-c2n[nH]c3cc(NC(=O)NC4CCCN(OC(=O)C(F)(F)F)C4)ncc23)ccn1. The van der Waals surface area contributed by atoms with Crippen LogP contribution in [0.15, 0.2) is 30.6 Å². The van der Waals surface area contributed by atoms with Crippen molar-refractivity contribution in [1.29, 1.82) is 0 Å². The van der Waals surface area contributed by atoms with Crippen LogP contribution in [-0.4, -0.2) is 62.5 Å². The molecule has 0 spiro atoms. The van der Waals surface area contributed by atoms with Gasteiger partial charge in [0.1, 0.15) is 11.5 Å². The molecule has 3 aromatic rings. The zero-order valence-electron chi connectivity index (χ0n) is 17.4. The molecule has 4 rings (SSSR count). The molecule has 0 aliphatic carbocycles. The number of hydrogen-bond donors (Lipinski definition) is 3. The van der Waals surface area contributed by atoms with Crippen molar-refractivity contribution in [2.75, 3.05) is 18.4 Å². The van der Waals surface area contributed by atoms with Gasteiger partial charge < -0.3 is 10.2 Å². The lowest BCUT2D eigenvalue weighted by Gasteiger charge is -2.31. The average Bonchev–Trinajstić information content (AvgIpc) is 3.16. The number of halogens is 3. The number of urea groups is 1. The van der Waals surface area contributed by atoms with Gasteiger partial charge in [0.15, 0.2) is 0 Å². The van der Waals surface area contributed by atoms with Gasteiger partial charge in [0.2, 0.25) is 0 Å². The molecular formula is C20H20F3N7O3. The first-order valence-corrected chi connectivity index (χ1v) is 10.1. The van der Waals surface area contributed by atoms with E-state index in [1.54, 1.807) is 18.5 Å². The monoisotopic (exact) mass is 463 g/mol. The normalized spacial score (nSPS) is 17.0. The quantitative estimate of drug-likeness (QED) is 0.543. The Morgan fingerprint density at radius 3 is 2.85 bits per heavy atom. The van der Waals surface area contributed by atoms with E-state index < -0.39 is 24.2 Å². The van der Waals surface area contributed by atoms with Gasteiger partial charge in [0.25, 0.3) is 0 Å². The molecule has 13 heteroatoms. The minimum absolute atomic E-state index is 0.0586. The molecule has 0 saturated carbocycles. The van der Waals surface area contributed by atoms with Crippen molar-refractivity contribution in [2.45, 2.75) is 32.0 Å². The molecule has 1 aliphatic heterocycles. The predicted octanol–water partition coefficient (Wildman–Crippen LogP) is 2.93. The molecule has 10 nitrogen and oxygen atoms in total. The summed E-state index contributed by atoms with van der Waals surface area (Å²) in [6.45, 7) is 1.97. The first-order valence-electron chi connectivity index (χ1n) is 10.1. The Balaban J connectivity index is 1.37. The van der Waals surface area contributed by atoms with Crippen LogP contribution in [-0.2, 0) is 9.63 Å². The average molecular weight is 463 g/mol. The van der Waals surface area contributed by atoms with Gasteiger partial charge in [0.05, 0.1) is 12.1 Å². The lowest BCUT2D eigenvalue weighted by molar-refractivity contribution is -0.242. The molecule has 3 aromatic heterocycles. The molecule has 4 heterocycles. The number of nitrogens with zero attached hydrogens (tertiary/aromatic N) is 4. The number of H-pyrrole nitrogens is 1. The van der Waals surface area contributed by atoms with Crippen molar-refractivity contribution in [3.8, 4) is 11.3 Å². The predicted molar refractivity (Wildman–Crippen MR) is 111 cm³/mol. The van der Waals surface area contributed by atoms with E-state index in [-0.39, 0.29) is 18.9 Å². The summed E-state index contributed by atoms with van der Waals surface area (Å²) in [5.74, 6) is -2.02. The molecule has 1 fully saturated rings. The third kappa shape index (κ3) is 5.37. The van der Waals surface area contributed by atoms with Crippen LogP contribution in [0.5, 0.6) is 0 Å². The molecule has 0 radical (unpaired) electrons. The third-order valence-electron chi connectivity index (χ3n) is 5.02. The van der Waals surface area contributed by atoms with Crippen LogP contribution >= 0.6 is 0 Å². The van der Waals surface area contributed by atoms with Crippen molar-refractivity contribution in [2.24, 2.45) is 0 Å². The molecule has 33 heavy (non-hydrogen) atoms. The van der Waals surface area contributed by atoms with Crippen molar-refractivity contribution >= 4 is 28.7 Å². The van der Waals surface area contributed by atoms with E-state index in [2.05, 4.69) is 35.6 Å². The largest absolute Gasteiger partial charge is 0.492 e. The number of pyridine rings is 2. The fraction of sp³-hybridized carbons (Fsp3) is 0.350. The van der Waals surface area contributed by atoms with Gasteiger partial charge in [-0.25, -0.2) is 14.6 Å². The standard InChI is InChI=1S/C20H20F3N7O3/c1-11-7-12(4-5-24-11)17-14-9-25-16(8-15(14)28-29-17)27-19(32)26-13-3-2-6-30(10-13)33-18(31)20(21,22)23/h4-5,7-9,13H,2-3,6,10H2,1H3,(H,28,29)(H2,25,26,27,32). The first kappa shape index (κ1) is 22.5. The van der Waals surface area contributed by atoms with E-state index in [1.165, 1.54) is 0 Å². The first-order chi connectivity index (χ1) is 15.7. The number of piperidine rings is 1. The second-order valence-electron chi connectivity index (χ2n) is 7.58. The van der Waals surface area contributed by atoms with Crippen molar-refractivity contribution < 1.29 is 27.6 Å². The van der Waals surface area contributed by atoms with Crippen LogP contribution in [0.25, 0.3) is 22.2 Å². The molecule has 1 saturated heterocycles. The maximum atomic E-state index is 12.4. The number of hydroxylamine groups is 2. The van der Waals surface area contributed by atoms with Crippen LogP contribution < -0.4 is 10.6 Å². The Labute approximate surface area is 185 Å². The fourth-order valence-electron chi connectivity index (χ4n) is 3.54. The summed E-state index contributed by atoms with van der Waals surface area (Å²) < 4.78 is 37.1. The minimum Gasteiger partial charge on any atom is -0.361 e. The highest BCUT2D eigenvalue weighted by molar-refractivity contribution is 5.95. The Hall–Kier alpha value is -3.74. The highest BCUT2D eigenvalue weighted by atomic mass is 19.4. The van der Waals surface area contributed by atoms with Gasteiger partial charge in [-0.3, -0.25) is 15.4 Å². The number of aromatic nitrogens is 4. The number of fused-ring (bicyclic) bond motifs is 1. The second kappa shape index (κ2) is 9.02. The van der Waals surface area contributed by atoms with Crippen LogP contribution in [0, 0.1) is 6.92 Å². The Bertz CT molecular complexity index is 1180. The summed E-state index contributed by atoms with van der Waals surface area (Å²) in [7, 11) is 0. The van der Waals surface area contributed by atoms with Crippen molar-refractivity contribution in [3.05, 3.63) is 36.3 Å². The molecule has 1 atom stereocenters. The summed E-state index contributed by atoms with van der Waals surface area (Å²) in [5, 5.41) is 14.2. The van der Waals surface area contributed by atoms with Gasteiger partial charge >= 0.3 is 18.2 Å². The minimum atomic E-state index is -5.08. The number of carbonyl (C=O) groups excluding carboxylic acids is 2. The van der Waals surface area contributed by atoms with E-state index in [9.17, 15) is 22.8 Å². The zero-order valence-corrected chi connectivity index (χ0v) is 17.4. The number of alkyl halides is 3. The van der Waals surface area contributed by atoms with Crippen LogP contribution in [0.4, 0.5) is 23.8 Å². The molecule has 1 aliphatic rings. The number of nitrogens with one attached hydrogen (secondary N) is 3. The maximum absolute atomic E-state index is 12.4. The number of rotatable bonds is 4. The molecule has 3 N–H and O–H groups in total. The summed E-state index contributed by atoms with van der Waals surface area (Å²) in [5.41, 5.74) is 3.09. The van der Waals surface area contributed by atoms with Gasteiger partial charge in [0, 0.05) is 47.7 Å². The van der Waals surface area contributed by atoms with E-state index in [1.807, 2.05) is 19.1 Å². The molecule has 2 amide bonds. The molecule has 174 valence electrons. The zero-order chi connectivity index (χ0) is 23.6. The number of anilines is 1. The van der Waals surface area contributed by atoms with Crippen molar-refractivity contribution in [3.63, 3.8) is 0 Å². The van der Waals surface area contributed by atoms with Gasteiger partial charge in [-0.05, 0) is 31.9 Å². The summed E-state index contributed by atoms with van der Waals surface area (Å²) in [6.07, 6.45) is -0.834. The smallest absolute Gasteiger partial charge is 0.361 e. The number of carbonyl (C=O) groups is 2. The number of hydrogen-bond acceptors (Lipinski definition) is 7. The fourth-order valence-corrected chi connectivity index (χ4v) is 3.54. The third-order valence-corrected chi connectivity index (χ3v) is 5.02. The molecule has 0 aromatic carbocycles. The van der Waals surface area contributed by atoms with Crippen LogP contribution in [0.2, 0.25) is 0 Å². The number of amides is 2. The maximum Gasteiger partial charge on any atom is 0.492 e. The van der Waals surface area contributed by atoms with E-state index >= 15 is 0 Å². The summed E-state index contributed by atoms with van der Waals surface area (Å²) >= 11 is 0. The lowest BCUT2D eigenvalue weighted by atomic mass is 10.1. The lowest BCUT2D eigenvalue weighted by Crippen LogP contribution is -2.50. The molecule has 0 bridgehead atoms. The highest BCUT2D eigenvalue weighted by Crippen LogP contribution is 2.27. The van der Waals surface area contributed by atoms with E-state index in [4.69, 9.17) is 0 Å². The second-order valence-corrected chi connectivity index (χ2v) is 7.58. The van der Waals surface area contributed by atoms with Gasteiger partial charge in [-0.1, -0.05) is 0 Å². The topological polar surface area (TPSA) is 125 Å². The van der Waals surface area contributed by atoms with Crippen LogP contribution in [0.3, 0.4) is 0 Å². The molecular weight excluding hydrogens is 443 g/mol. The Morgan fingerprint density at radius 1 is 1.27 bits per heavy atom.